The van der Waals surface area contributed by atoms with Crippen molar-refractivity contribution in [3.8, 4) is 0 Å². The highest BCUT2D eigenvalue weighted by Gasteiger charge is 2.51. The lowest BCUT2D eigenvalue weighted by atomic mass is 10.1. The number of rotatable bonds is 6. The fraction of sp³-hybridized carbons (Fsp3) is 0.467. The monoisotopic (exact) mass is 286 g/mol. The van der Waals surface area contributed by atoms with Crippen molar-refractivity contribution in [3.63, 3.8) is 0 Å². The Labute approximate surface area is 122 Å². The van der Waals surface area contributed by atoms with Crippen LogP contribution in [0.2, 0.25) is 0 Å². The van der Waals surface area contributed by atoms with Gasteiger partial charge in [0.2, 0.25) is 0 Å². The van der Waals surface area contributed by atoms with Gasteiger partial charge in [0.1, 0.15) is 0 Å². The standard InChI is InChI=1S/C15H18N4O2/c1-11-3-2-4-12(9-11)5-6-13-16-17-18-19(13)10-15(7-8-15)14(20)21/h2-4,9H,5-8,10H2,1H3,(H,20,21). The van der Waals surface area contributed by atoms with E-state index in [0.717, 1.165) is 12.2 Å². The normalized spacial score (nSPS) is 15.9. The summed E-state index contributed by atoms with van der Waals surface area (Å²) in [6.45, 7) is 2.44. The first-order valence-corrected chi connectivity index (χ1v) is 7.13. The average Bonchev–Trinajstić information content (AvgIpc) is 3.10. The van der Waals surface area contributed by atoms with Crippen molar-refractivity contribution in [2.45, 2.75) is 39.2 Å². The van der Waals surface area contributed by atoms with Crippen LogP contribution in [0.25, 0.3) is 0 Å². The predicted octanol–water partition coefficient (Wildman–Crippen LogP) is 1.63. The topological polar surface area (TPSA) is 80.9 Å². The van der Waals surface area contributed by atoms with E-state index in [2.05, 4.69) is 40.6 Å². The molecule has 0 bridgehead atoms. The Morgan fingerprint density at radius 2 is 2.19 bits per heavy atom. The molecular weight excluding hydrogens is 268 g/mol. The van der Waals surface area contributed by atoms with E-state index in [9.17, 15) is 9.90 Å². The molecule has 6 heteroatoms. The molecule has 0 saturated heterocycles. The number of aliphatic carboxylic acids is 1. The second-order valence-electron chi connectivity index (χ2n) is 5.83. The first kappa shape index (κ1) is 13.7. The van der Waals surface area contributed by atoms with E-state index < -0.39 is 11.4 Å². The van der Waals surface area contributed by atoms with Crippen LogP contribution in [0.5, 0.6) is 0 Å². The van der Waals surface area contributed by atoms with Gasteiger partial charge in [-0.2, -0.15) is 0 Å². The first-order valence-electron chi connectivity index (χ1n) is 7.13. The quantitative estimate of drug-likeness (QED) is 0.873. The molecule has 1 heterocycles. The Balaban J connectivity index is 1.67. The van der Waals surface area contributed by atoms with Gasteiger partial charge in [-0.1, -0.05) is 29.8 Å². The molecule has 0 radical (unpaired) electrons. The zero-order valence-electron chi connectivity index (χ0n) is 12.0. The second kappa shape index (κ2) is 5.27. The van der Waals surface area contributed by atoms with E-state index in [1.165, 1.54) is 11.1 Å². The number of nitrogens with zero attached hydrogens (tertiary/aromatic N) is 4. The van der Waals surface area contributed by atoms with Gasteiger partial charge in [-0.05, 0) is 42.2 Å². The highest BCUT2D eigenvalue weighted by molar-refractivity contribution is 5.77. The molecule has 1 aromatic heterocycles. The van der Waals surface area contributed by atoms with Gasteiger partial charge in [0.15, 0.2) is 5.82 Å². The average molecular weight is 286 g/mol. The SMILES string of the molecule is Cc1cccc(CCc2nnnn2CC2(C(=O)O)CC2)c1. The molecule has 1 N–H and O–H groups in total. The third kappa shape index (κ3) is 2.94. The summed E-state index contributed by atoms with van der Waals surface area (Å²) in [7, 11) is 0. The van der Waals surface area contributed by atoms with Crippen LogP contribution in [-0.2, 0) is 24.2 Å². The smallest absolute Gasteiger partial charge is 0.311 e. The number of aryl methyl sites for hydroxylation is 3. The molecule has 1 aliphatic rings. The molecule has 6 nitrogen and oxygen atoms in total. The zero-order chi connectivity index (χ0) is 14.9. The Kier molecular flexibility index (Phi) is 3.45. The lowest BCUT2D eigenvalue weighted by Gasteiger charge is -2.10. The highest BCUT2D eigenvalue weighted by atomic mass is 16.4. The number of tetrazole rings is 1. The molecular formula is C15H18N4O2. The van der Waals surface area contributed by atoms with Crippen molar-refractivity contribution < 1.29 is 9.90 Å². The van der Waals surface area contributed by atoms with Gasteiger partial charge in [-0.3, -0.25) is 4.79 Å². The van der Waals surface area contributed by atoms with Gasteiger partial charge >= 0.3 is 5.97 Å². The number of hydrogen-bond acceptors (Lipinski definition) is 4. The van der Waals surface area contributed by atoms with Crippen molar-refractivity contribution >= 4 is 5.97 Å². The number of carboxylic acid groups (broad SMARTS) is 1. The van der Waals surface area contributed by atoms with Crippen molar-refractivity contribution in [2.75, 3.05) is 0 Å². The summed E-state index contributed by atoms with van der Waals surface area (Å²) < 4.78 is 1.65. The highest BCUT2D eigenvalue weighted by Crippen LogP contribution is 2.47. The summed E-state index contributed by atoms with van der Waals surface area (Å²) in [5.74, 6) is 0.00617. The lowest BCUT2D eigenvalue weighted by Crippen LogP contribution is -2.23. The maximum absolute atomic E-state index is 11.3. The molecule has 0 atom stereocenters. The minimum Gasteiger partial charge on any atom is -0.481 e. The van der Waals surface area contributed by atoms with Crippen LogP contribution < -0.4 is 0 Å². The molecule has 1 aromatic carbocycles. The fourth-order valence-electron chi connectivity index (χ4n) is 2.53. The van der Waals surface area contributed by atoms with Crippen LogP contribution in [0, 0.1) is 12.3 Å². The maximum Gasteiger partial charge on any atom is 0.311 e. The summed E-state index contributed by atoms with van der Waals surface area (Å²) >= 11 is 0. The minimum atomic E-state index is -0.748. The van der Waals surface area contributed by atoms with Gasteiger partial charge in [0.05, 0.1) is 12.0 Å². The van der Waals surface area contributed by atoms with Crippen molar-refractivity contribution in [1.29, 1.82) is 0 Å². The predicted molar refractivity (Wildman–Crippen MR) is 75.7 cm³/mol. The van der Waals surface area contributed by atoms with Crippen LogP contribution in [-0.4, -0.2) is 31.3 Å². The lowest BCUT2D eigenvalue weighted by molar-refractivity contribution is -0.144. The summed E-state index contributed by atoms with van der Waals surface area (Å²) in [5.41, 5.74) is 1.83. The Hall–Kier alpha value is -2.24. The number of carbonyl (C=O) groups is 1. The third-order valence-corrected chi connectivity index (χ3v) is 4.09. The number of hydrogen-bond donors (Lipinski definition) is 1. The molecule has 1 aliphatic carbocycles. The molecule has 2 aromatic rings. The molecule has 110 valence electrons. The number of carboxylic acids is 1. The van der Waals surface area contributed by atoms with E-state index in [1.807, 2.05) is 6.07 Å². The number of benzene rings is 1. The molecule has 0 unspecified atom stereocenters. The Bertz CT molecular complexity index is 661. The largest absolute Gasteiger partial charge is 0.481 e. The molecule has 1 fully saturated rings. The van der Waals surface area contributed by atoms with E-state index >= 15 is 0 Å². The molecule has 0 aliphatic heterocycles. The van der Waals surface area contributed by atoms with Crippen molar-refractivity contribution in [2.24, 2.45) is 5.41 Å². The van der Waals surface area contributed by atoms with Crippen LogP contribution in [0.15, 0.2) is 24.3 Å². The van der Waals surface area contributed by atoms with Gasteiger partial charge < -0.3 is 5.11 Å². The summed E-state index contributed by atoms with van der Waals surface area (Å²) in [5, 5.41) is 20.9. The first-order chi connectivity index (χ1) is 10.1. The Morgan fingerprint density at radius 3 is 2.86 bits per heavy atom. The number of aromatic nitrogens is 4. The van der Waals surface area contributed by atoms with Crippen molar-refractivity contribution in [3.05, 3.63) is 41.2 Å². The minimum absolute atomic E-state index is 0.373. The summed E-state index contributed by atoms with van der Waals surface area (Å²) in [6, 6.07) is 8.34. The molecule has 1 saturated carbocycles. The molecule has 3 rings (SSSR count). The molecule has 0 amide bonds. The van der Waals surface area contributed by atoms with Crippen LogP contribution >= 0.6 is 0 Å². The van der Waals surface area contributed by atoms with Crippen LogP contribution in [0.3, 0.4) is 0 Å². The van der Waals surface area contributed by atoms with Gasteiger partial charge in [-0.25, -0.2) is 4.68 Å². The van der Waals surface area contributed by atoms with Gasteiger partial charge in [-0.15, -0.1) is 5.10 Å². The van der Waals surface area contributed by atoms with Crippen LogP contribution in [0.4, 0.5) is 0 Å². The van der Waals surface area contributed by atoms with E-state index in [4.69, 9.17) is 0 Å². The molecule has 21 heavy (non-hydrogen) atoms. The summed E-state index contributed by atoms with van der Waals surface area (Å²) in [6.07, 6.45) is 2.98. The van der Waals surface area contributed by atoms with Crippen LogP contribution in [0.1, 0.15) is 29.8 Å². The van der Waals surface area contributed by atoms with E-state index in [1.54, 1.807) is 4.68 Å². The van der Waals surface area contributed by atoms with E-state index in [0.29, 0.717) is 25.8 Å². The second-order valence-corrected chi connectivity index (χ2v) is 5.83. The third-order valence-electron chi connectivity index (χ3n) is 4.09. The maximum atomic E-state index is 11.3. The van der Waals surface area contributed by atoms with E-state index in [-0.39, 0.29) is 0 Å². The van der Waals surface area contributed by atoms with Gasteiger partial charge in [0.25, 0.3) is 0 Å². The molecule has 0 spiro atoms. The summed E-state index contributed by atoms with van der Waals surface area (Å²) in [4.78, 5) is 11.3. The fourth-order valence-corrected chi connectivity index (χ4v) is 2.53. The van der Waals surface area contributed by atoms with Crippen molar-refractivity contribution in [1.82, 2.24) is 20.2 Å². The zero-order valence-corrected chi connectivity index (χ0v) is 12.0. The Morgan fingerprint density at radius 1 is 1.38 bits per heavy atom. The van der Waals surface area contributed by atoms with Gasteiger partial charge in [0, 0.05) is 6.42 Å².